The SMILES string of the molecule is Cc1cc(C)cc(C(=O)N2CCCC(C(=O)Nc3ccncc3C#N)C2)c1. The lowest BCUT2D eigenvalue weighted by Gasteiger charge is -2.32. The molecule has 0 radical (unpaired) electrons. The topological polar surface area (TPSA) is 86.1 Å². The van der Waals surface area contributed by atoms with Crippen LogP contribution in [-0.4, -0.2) is 34.8 Å². The molecule has 0 saturated carbocycles. The Hall–Kier alpha value is -3.20. The zero-order chi connectivity index (χ0) is 19.4. The lowest BCUT2D eigenvalue weighted by Crippen LogP contribution is -2.43. The lowest BCUT2D eigenvalue weighted by molar-refractivity contribution is -0.121. The minimum atomic E-state index is -0.298. The fourth-order valence-electron chi connectivity index (χ4n) is 3.48. The average molecular weight is 362 g/mol. The Labute approximate surface area is 158 Å². The van der Waals surface area contributed by atoms with Crippen molar-refractivity contribution in [2.24, 2.45) is 5.92 Å². The van der Waals surface area contributed by atoms with E-state index in [2.05, 4.69) is 10.3 Å². The second-order valence-corrected chi connectivity index (χ2v) is 6.99. The molecule has 6 heteroatoms. The first kappa shape index (κ1) is 18.6. The van der Waals surface area contributed by atoms with E-state index < -0.39 is 0 Å². The number of rotatable bonds is 3. The summed E-state index contributed by atoms with van der Waals surface area (Å²) in [6.45, 7) is 4.97. The fourth-order valence-corrected chi connectivity index (χ4v) is 3.48. The number of hydrogen-bond donors (Lipinski definition) is 1. The predicted molar refractivity (Wildman–Crippen MR) is 102 cm³/mol. The number of pyridine rings is 1. The third-order valence-corrected chi connectivity index (χ3v) is 4.75. The van der Waals surface area contributed by atoms with Crippen LogP contribution in [-0.2, 0) is 4.79 Å². The summed E-state index contributed by atoms with van der Waals surface area (Å²) in [6.07, 6.45) is 4.45. The summed E-state index contributed by atoms with van der Waals surface area (Å²) in [5.41, 5.74) is 3.53. The molecular formula is C21H22N4O2. The minimum absolute atomic E-state index is 0.0408. The molecular weight excluding hydrogens is 340 g/mol. The van der Waals surface area contributed by atoms with Gasteiger partial charge < -0.3 is 10.2 Å². The quantitative estimate of drug-likeness (QED) is 0.909. The van der Waals surface area contributed by atoms with Gasteiger partial charge in [-0.05, 0) is 44.9 Å². The van der Waals surface area contributed by atoms with Gasteiger partial charge in [-0.25, -0.2) is 0 Å². The van der Waals surface area contributed by atoms with Crippen molar-refractivity contribution in [3.05, 3.63) is 58.9 Å². The molecule has 138 valence electrons. The van der Waals surface area contributed by atoms with Gasteiger partial charge in [-0.2, -0.15) is 5.26 Å². The molecule has 1 aliphatic rings. The second-order valence-electron chi connectivity index (χ2n) is 6.99. The summed E-state index contributed by atoms with van der Waals surface area (Å²) in [5.74, 6) is -0.509. The third kappa shape index (κ3) is 4.32. The number of nitrogens with zero attached hydrogens (tertiary/aromatic N) is 3. The highest BCUT2D eigenvalue weighted by Gasteiger charge is 2.29. The number of carbonyl (C=O) groups is 2. The maximum absolute atomic E-state index is 12.9. The number of hydrogen-bond acceptors (Lipinski definition) is 4. The van der Waals surface area contributed by atoms with Crippen LogP contribution in [0.1, 0.15) is 39.9 Å². The van der Waals surface area contributed by atoms with E-state index >= 15 is 0 Å². The number of nitriles is 1. The van der Waals surface area contributed by atoms with Crippen LogP contribution in [0.3, 0.4) is 0 Å². The van der Waals surface area contributed by atoms with Gasteiger partial charge in [-0.15, -0.1) is 0 Å². The molecule has 1 atom stereocenters. The Morgan fingerprint density at radius 3 is 2.70 bits per heavy atom. The first-order chi connectivity index (χ1) is 13.0. The van der Waals surface area contributed by atoms with Crippen molar-refractivity contribution in [3.63, 3.8) is 0 Å². The number of nitrogens with one attached hydrogen (secondary N) is 1. The van der Waals surface area contributed by atoms with E-state index in [1.54, 1.807) is 11.0 Å². The molecule has 1 aromatic heterocycles. The van der Waals surface area contributed by atoms with Crippen LogP contribution in [0.5, 0.6) is 0 Å². The summed E-state index contributed by atoms with van der Waals surface area (Å²) < 4.78 is 0. The summed E-state index contributed by atoms with van der Waals surface area (Å²) in [6, 6.07) is 9.43. The van der Waals surface area contributed by atoms with Crippen LogP contribution < -0.4 is 5.32 Å². The molecule has 0 aliphatic carbocycles. The fraction of sp³-hybridized carbons (Fsp3) is 0.333. The average Bonchev–Trinajstić information content (AvgIpc) is 2.67. The predicted octanol–water partition coefficient (Wildman–Crippen LogP) is 3.06. The molecule has 2 aromatic rings. The van der Waals surface area contributed by atoms with Gasteiger partial charge in [-0.1, -0.05) is 17.2 Å². The molecule has 1 saturated heterocycles. The van der Waals surface area contributed by atoms with Crippen LogP contribution in [0, 0.1) is 31.1 Å². The monoisotopic (exact) mass is 362 g/mol. The number of aryl methyl sites for hydroxylation is 2. The van der Waals surface area contributed by atoms with Gasteiger partial charge in [0.25, 0.3) is 5.91 Å². The molecule has 3 rings (SSSR count). The van der Waals surface area contributed by atoms with E-state index in [0.717, 1.165) is 24.0 Å². The standard InChI is InChI=1S/C21H22N4O2/c1-14-8-15(2)10-17(9-14)21(27)25-7-3-4-16(13-25)20(26)24-19-5-6-23-12-18(19)11-22/h5-6,8-10,12,16H,3-4,7,13H2,1-2H3,(H,23,24,26). The van der Waals surface area contributed by atoms with Gasteiger partial charge in [-0.3, -0.25) is 14.6 Å². The molecule has 0 bridgehead atoms. The van der Waals surface area contributed by atoms with Gasteiger partial charge in [0.1, 0.15) is 6.07 Å². The maximum Gasteiger partial charge on any atom is 0.253 e. The third-order valence-electron chi connectivity index (χ3n) is 4.75. The van der Waals surface area contributed by atoms with E-state index in [1.165, 1.54) is 12.4 Å². The van der Waals surface area contributed by atoms with Crippen molar-refractivity contribution in [1.82, 2.24) is 9.88 Å². The number of piperidine rings is 1. The molecule has 0 spiro atoms. The lowest BCUT2D eigenvalue weighted by atomic mass is 9.96. The van der Waals surface area contributed by atoms with Gasteiger partial charge in [0.15, 0.2) is 0 Å². The molecule has 2 amide bonds. The zero-order valence-electron chi connectivity index (χ0n) is 15.5. The van der Waals surface area contributed by atoms with E-state index in [9.17, 15) is 9.59 Å². The summed E-state index contributed by atoms with van der Waals surface area (Å²) in [7, 11) is 0. The highest BCUT2D eigenvalue weighted by atomic mass is 16.2. The van der Waals surface area contributed by atoms with Crippen molar-refractivity contribution in [2.45, 2.75) is 26.7 Å². The van der Waals surface area contributed by atoms with Crippen molar-refractivity contribution in [1.29, 1.82) is 5.26 Å². The Morgan fingerprint density at radius 1 is 1.26 bits per heavy atom. The van der Waals surface area contributed by atoms with Gasteiger partial charge in [0.2, 0.25) is 5.91 Å². The van der Waals surface area contributed by atoms with Crippen molar-refractivity contribution >= 4 is 17.5 Å². The van der Waals surface area contributed by atoms with Crippen LogP contribution in [0.15, 0.2) is 36.7 Å². The van der Waals surface area contributed by atoms with Crippen molar-refractivity contribution in [2.75, 3.05) is 18.4 Å². The first-order valence-electron chi connectivity index (χ1n) is 9.00. The maximum atomic E-state index is 12.9. The number of anilines is 1. The van der Waals surface area contributed by atoms with Crippen LogP contribution in [0.25, 0.3) is 0 Å². The molecule has 6 nitrogen and oxygen atoms in total. The summed E-state index contributed by atoms with van der Waals surface area (Å²) in [4.78, 5) is 31.2. The van der Waals surface area contributed by atoms with E-state index in [4.69, 9.17) is 5.26 Å². The Kier molecular flexibility index (Phi) is 5.51. The van der Waals surface area contributed by atoms with Crippen LogP contribution in [0.4, 0.5) is 5.69 Å². The second kappa shape index (κ2) is 8.00. The highest BCUT2D eigenvalue weighted by Crippen LogP contribution is 2.22. The van der Waals surface area contributed by atoms with Gasteiger partial charge >= 0.3 is 0 Å². The molecule has 1 unspecified atom stereocenters. The van der Waals surface area contributed by atoms with Gasteiger partial charge in [0.05, 0.1) is 17.2 Å². The Balaban J connectivity index is 1.71. The van der Waals surface area contributed by atoms with E-state index in [-0.39, 0.29) is 17.7 Å². The molecule has 1 aliphatic heterocycles. The zero-order valence-corrected chi connectivity index (χ0v) is 15.5. The van der Waals surface area contributed by atoms with Crippen molar-refractivity contribution in [3.8, 4) is 6.07 Å². The minimum Gasteiger partial charge on any atom is -0.338 e. The van der Waals surface area contributed by atoms with E-state index in [1.807, 2.05) is 38.1 Å². The number of likely N-dealkylation sites (tertiary alicyclic amines) is 1. The molecule has 1 N–H and O–H groups in total. The first-order valence-corrected chi connectivity index (χ1v) is 9.00. The number of benzene rings is 1. The number of aromatic nitrogens is 1. The molecule has 27 heavy (non-hydrogen) atoms. The number of carbonyl (C=O) groups excluding carboxylic acids is 2. The van der Waals surface area contributed by atoms with E-state index in [0.29, 0.717) is 29.9 Å². The smallest absolute Gasteiger partial charge is 0.253 e. The van der Waals surface area contributed by atoms with Crippen LogP contribution >= 0.6 is 0 Å². The summed E-state index contributed by atoms with van der Waals surface area (Å²) >= 11 is 0. The normalized spacial score (nSPS) is 16.5. The Bertz CT molecular complexity index is 896. The Morgan fingerprint density at radius 2 is 2.00 bits per heavy atom. The van der Waals surface area contributed by atoms with Gasteiger partial charge in [0, 0.05) is 31.0 Å². The molecule has 1 fully saturated rings. The van der Waals surface area contributed by atoms with Crippen LogP contribution in [0.2, 0.25) is 0 Å². The van der Waals surface area contributed by atoms with Crippen molar-refractivity contribution < 1.29 is 9.59 Å². The highest BCUT2D eigenvalue weighted by molar-refractivity contribution is 5.97. The largest absolute Gasteiger partial charge is 0.338 e. The molecule has 2 heterocycles. The number of amides is 2. The molecule has 1 aromatic carbocycles. The summed E-state index contributed by atoms with van der Waals surface area (Å²) in [5, 5.41) is 11.9.